The molecular weight excluding hydrogens is 408 g/mol. The van der Waals surface area contributed by atoms with Crippen LogP contribution in [0.15, 0.2) is 28.7 Å². The molecule has 6 nitrogen and oxygen atoms in total. The molecule has 7 heteroatoms. The number of nitrogens with one attached hydrogen (secondary N) is 2. The second-order valence-corrected chi connectivity index (χ2v) is 7.88. The van der Waals surface area contributed by atoms with Gasteiger partial charge in [0.1, 0.15) is 0 Å². The molecule has 0 atom stereocenters. The van der Waals surface area contributed by atoms with E-state index in [-0.39, 0.29) is 18.4 Å². The van der Waals surface area contributed by atoms with Gasteiger partial charge in [-0.3, -0.25) is 14.3 Å². The molecule has 0 spiro atoms. The fraction of sp³-hybridized carbons (Fsp3) is 0.450. The molecule has 1 aromatic heterocycles. The second-order valence-electron chi connectivity index (χ2n) is 7.03. The summed E-state index contributed by atoms with van der Waals surface area (Å²) in [7, 11) is 0. The summed E-state index contributed by atoms with van der Waals surface area (Å²) in [6.45, 7) is 9.15. The molecule has 1 aromatic carbocycles. The summed E-state index contributed by atoms with van der Waals surface area (Å²) in [5.74, 6) is 0.113. The Morgan fingerprint density at radius 2 is 1.89 bits per heavy atom. The average Bonchev–Trinajstić information content (AvgIpc) is 2.86. The van der Waals surface area contributed by atoms with Crippen LogP contribution in [0.5, 0.6) is 0 Å². The van der Waals surface area contributed by atoms with E-state index in [4.69, 9.17) is 0 Å². The number of para-hydroxylation sites is 1. The quantitative estimate of drug-likeness (QED) is 0.665. The molecule has 0 aliphatic carbocycles. The first-order valence-corrected chi connectivity index (χ1v) is 9.91. The van der Waals surface area contributed by atoms with Gasteiger partial charge >= 0.3 is 0 Å². The van der Waals surface area contributed by atoms with Crippen LogP contribution < -0.4 is 10.6 Å². The minimum Gasteiger partial charge on any atom is -0.347 e. The van der Waals surface area contributed by atoms with Crippen molar-refractivity contribution in [2.75, 3.05) is 11.9 Å². The summed E-state index contributed by atoms with van der Waals surface area (Å²) in [6.07, 6.45) is 0.949. The Morgan fingerprint density at radius 1 is 1.19 bits per heavy atom. The second kappa shape index (κ2) is 9.69. The fourth-order valence-corrected chi connectivity index (χ4v) is 3.27. The van der Waals surface area contributed by atoms with E-state index < -0.39 is 0 Å². The van der Waals surface area contributed by atoms with E-state index >= 15 is 0 Å². The van der Waals surface area contributed by atoms with Crippen molar-refractivity contribution in [3.63, 3.8) is 0 Å². The van der Waals surface area contributed by atoms with Crippen LogP contribution in [0.1, 0.15) is 37.2 Å². The highest BCUT2D eigenvalue weighted by Gasteiger charge is 2.14. The van der Waals surface area contributed by atoms with Crippen molar-refractivity contribution in [3.05, 3.63) is 45.7 Å². The molecule has 2 N–H and O–H groups in total. The first kappa shape index (κ1) is 21.2. The van der Waals surface area contributed by atoms with E-state index in [9.17, 15) is 9.59 Å². The SMILES string of the molecule is Cc1nn(CC(C)C)c(C)c1CCC(=O)NCC(=O)Nc1ccccc1Br. The third-order valence-electron chi connectivity index (χ3n) is 4.27. The van der Waals surface area contributed by atoms with E-state index in [0.717, 1.165) is 28.0 Å². The summed E-state index contributed by atoms with van der Waals surface area (Å²) in [5.41, 5.74) is 3.87. The summed E-state index contributed by atoms with van der Waals surface area (Å²) in [4.78, 5) is 24.1. The van der Waals surface area contributed by atoms with E-state index in [1.165, 1.54) is 0 Å². The third-order valence-corrected chi connectivity index (χ3v) is 4.96. The number of aromatic nitrogens is 2. The zero-order chi connectivity index (χ0) is 20.0. The highest BCUT2D eigenvalue weighted by molar-refractivity contribution is 9.10. The van der Waals surface area contributed by atoms with Gasteiger partial charge in [0.2, 0.25) is 11.8 Å². The molecule has 146 valence electrons. The first-order valence-electron chi connectivity index (χ1n) is 9.12. The fourth-order valence-electron chi connectivity index (χ4n) is 2.88. The van der Waals surface area contributed by atoms with Gasteiger partial charge in [-0.2, -0.15) is 5.10 Å². The number of rotatable bonds is 8. The van der Waals surface area contributed by atoms with Crippen molar-refractivity contribution in [1.82, 2.24) is 15.1 Å². The topological polar surface area (TPSA) is 76.0 Å². The molecule has 0 saturated carbocycles. The van der Waals surface area contributed by atoms with Crippen molar-refractivity contribution in [2.24, 2.45) is 5.92 Å². The highest BCUT2D eigenvalue weighted by atomic mass is 79.9. The smallest absolute Gasteiger partial charge is 0.243 e. The van der Waals surface area contributed by atoms with Crippen LogP contribution in [0, 0.1) is 19.8 Å². The van der Waals surface area contributed by atoms with E-state index in [1.54, 1.807) is 6.07 Å². The number of halogens is 1. The first-order chi connectivity index (χ1) is 12.8. The van der Waals surface area contributed by atoms with Crippen molar-refractivity contribution in [2.45, 2.75) is 47.1 Å². The molecule has 0 aliphatic rings. The van der Waals surface area contributed by atoms with E-state index in [0.29, 0.717) is 24.4 Å². The van der Waals surface area contributed by atoms with E-state index in [1.807, 2.05) is 36.7 Å². The zero-order valence-electron chi connectivity index (χ0n) is 16.3. The third kappa shape index (κ3) is 6.20. The molecule has 0 unspecified atom stereocenters. The van der Waals surface area contributed by atoms with Crippen LogP contribution in [-0.2, 0) is 22.6 Å². The van der Waals surface area contributed by atoms with Gasteiger partial charge in [-0.15, -0.1) is 0 Å². The molecular formula is C20H27BrN4O2. The lowest BCUT2D eigenvalue weighted by atomic mass is 10.1. The normalized spacial score (nSPS) is 10.9. The summed E-state index contributed by atoms with van der Waals surface area (Å²) in [6, 6.07) is 7.35. The number of anilines is 1. The van der Waals surface area contributed by atoms with Crippen LogP contribution in [0.25, 0.3) is 0 Å². The molecule has 2 rings (SSSR count). The number of hydrogen-bond donors (Lipinski definition) is 2. The maximum Gasteiger partial charge on any atom is 0.243 e. The Bertz CT molecular complexity index is 814. The van der Waals surface area contributed by atoms with Crippen LogP contribution in [-0.4, -0.2) is 28.1 Å². The standard InChI is InChI=1S/C20H27BrN4O2/c1-13(2)12-25-15(4)16(14(3)24-25)9-10-19(26)22-11-20(27)23-18-8-6-5-7-17(18)21/h5-8,13H,9-12H2,1-4H3,(H,22,26)(H,23,27). The minimum absolute atomic E-state index is 0.0508. The largest absolute Gasteiger partial charge is 0.347 e. The van der Waals surface area contributed by atoms with Crippen molar-refractivity contribution in [1.29, 1.82) is 0 Å². The Balaban J connectivity index is 1.82. The van der Waals surface area contributed by atoms with Crippen molar-refractivity contribution >= 4 is 33.4 Å². The molecule has 0 fully saturated rings. The molecule has 2 aromatic rings. The van der Waals surface area contributed by atoms with Crippen molar-refractivity contribution < 1.29 is 9.59 Å². The van der Waals surface area contributed by atoms with Crippen LogP contribution in [0.4, 0.5) is 5.69 Å². The number of carbonyl (C=O) groups excluding carboxylic acids is 2. The van der Waals surface area contributed by atoms with Gasteiger partial charge in [-0.05, 0) is 59.8 Å². The molecule has 1 heterocycles. The molecule has 0 radical (unpaired) electrons. The van der Waals surface area contributed by atoms with Gasteiger partial charge < -0.3 is 10.6 Å². The monoisotopic (exact) mass is 434 g/mol. The Morgan fingerprint density at radius 3 is 2.56 bits per heavy atom. The molecule has 27 heavy (non-hydrogen) atoms. The van der Waals surface area contributed by atoms with Crippen LogP contribution in [0.2, 0.25) is 0 Å². The Kier molecular flexibility index (Phi) is 7.59. The number of nitrogens with zero attached hydrogens (tertiary/aromatic N) is 2. The molecule has 2 amide bonds. The summed E-state index contributed by atoms with van der Waals surface area (Å²) < 4.78 is 2.81. The average molecular weight is 435 g/mol. The van der Waals surface area contributed by atoms with Gasteiger partial charge in [0.25, 0.3) is 0 Å². The van der Waals surface area contributed by atoms with Crippen LogP contribution >= 0.6 is 15.9 Å². The molecule has 0 saturated heterocycles. The number of amides is 2. The lowest BCUT2D eigenvalue weighted by Crippen LogP contribution is -2.33. The number of carbonyl (C=O) groups is 2. The van der Waals surface area contributed by atoms with Crippen molar-refractivity contribution in [3.8, 4) is 0 Å². The predicted octanol–water partition coefficient (Wildman–Crippen LogP) is 3.61. The number of hydrogen-bond acceptors (Lipinski definition) is 3. The van der Waals surface area contributed by atoms with Gasteiger partial charge in [-0.1, -0.05) is 26.0 Å². The number of benzene rings is 1. The van der Waals surface area contributed by atoms with Gasteiger partial charge in [-0.25, -0.2) is 0 Å². The maximum atomic E-state index is 12.1. The lowest BCUT2D eigenvalue weighted by Gasteiger charge is -2.09. The summed E-state index contributed by atoms with van der Waals surface area (Å²) in [5, 5.41) is 10.0. The predicted molar refractivity (Wildman–Crippen MR) is 111 cm³/mol. The maximum absolute atomic E-state index is 12.1. The zero-order valence-corrected chi connectivity index (χ0v) is 17.9. The van der Waals surface area contributed by atoms with Gasteiger partial charge in [0.05, 0.1) is 17.9 Å². The molecule has 0 bridgehead atoms. The Labute approximate surface area is 168 Å². The van der Waals surface area contributed by atoms with Gasteiger partial charge in [0, 0.05) is 23.1 Å². The minimum atomic E-state index is -0.257. The van der Waals surface area contributed by atoms with Gasteiger partial charge in [0.15, 0.2) is 0 Å². The Hall–Kier alpha value is -2.15. The highest BCUT2D eigenvalue weighted by Crippen LogP contribution is 2.21. The van der Waals surface area contributed by atoms with Crippen LogP contribution in [0.3, 0.4) is 0 Å². The van der Waals surface area contributed by atoms with E-state index in [2.05, 4.69) is 45.5 Å². The summed E-state index contributed by atoms with van der Waals surface area (Å²) >= 11 is 3.38. The number of aryl methyl sites for hydroxylation is 1. The molecule has 0 aliphatic heterocycles. The lowest BCUT2D eigenvalue weighted by molar-refractivity contribution is -0.124.